The summed E-state index contributed by atoms with van der Waals surface area (Å²) in [6.45, 7) is 6.11. The third-order valence-electron chi connectivity index (χ3n) is 6.26. The topological polar surface area (TPSA) is 114 Å². The molecule has 0 amide bonds. The number of aryl methyl sites for hydroxylation is 1. The van der Waals surface area contributed by atoms with E-state index in [1.165, 1.54) is 0 Å². The maximum atomic E-state index is 13.2. The smallest absolute Gasteiger partial charge is 0.305 e. The Morgan fingerprint density at radius 2 is 1.89 bits per heavy atom. The van der Waals surface area contributed by atoms with Gasteiger partial charge in [-0.05, 0) is 61.6 Å². The van der Waals surface area contributed by atoms with Gasteiger partial charge in [-0.3, -0.25) is 4.79 Å². The fourth-order valence-electron chi connectivity index (χ4n) is 4.10. The number of nitrogens with zero attached hydrogens (tertiary/aromatic N) is 3. The zero-order valence-electron chi connectivity index (χ0n) is 21.3. The van der Waals surface area contributed by atoms with E-state index in [2.05, 4.69) is 10.8 Å². The van der Waals surface area contributed by atoms with E-state index in [-0.39, 0.29) is 22.8 Å². The Bertz CT molecular complexity index is 1340. The standard InChI is InChI=1S/C27H34N4O4S/c1-5-35-27(32)9-7-6-8-23(19(2)3)30-36(33,34)22-14-15-25-24(17-22)29-26(31(25)4)16-20-10-12-21(18-28)13-11-20/h10-15,17,19,23,30H,5-9,16H2,1-4H3. The molecule has 0 fully saturated rings. The van der Waals surface area contributed by atoms with Crippen LogP contribution in [0.2, 0.25) is 0 Å². The lowest BCUT2D eigenvalue weighted by Crippen LogP contribution is -2.38. The first-order chi connectivity index (χ1) is 17.1. The monoisotopic (exact) mass is 510 g/mol. The molecule has 192 valence electrons. The number of aromatic nitrogens is 2. The molecule has 0 saturated heterocycles. The molecule has 2 aromatic carbocycles. The minimum absolute atomic E-state index is 0.0972. The number of fused-ring (bicyclic) bond motifs is 1. The van der Waals surface area contributed by atoms with E-state index < -0.39 is 10.0 Å². The summed E-state index contributed by atoms with van der Waals surface area (Å²) in [6, 6.07) is 14.2. The first-order valence-electron chi connectivity index (χ1n) is 12.3. The van der Waals surface area contributed by atoms with Crippen LogP contribution in [-0.2, 0) is 33.0 Å². The number of esters is 1. The summed E-state index contributed by atoms with van der Waals surface area (Å²) in [5.41, 5.74) is 3.07. The molecule has 0 aliphatic carbocycles. The van der Waals surface area contributed by atoms with Crippen molar-refractivity contribution >= 4 is 27.0 Å². The van der Waals surface area contributed by atoms with Crippen LogP contribution in [0.25, 0.3) is 11.0 Å². The Labute approximate surface area is 213 Å². The van der Waals surface area contributed by atoms with Crippen molar-refractivity contribution < 1.29 is 17.9 Å². The number of hydrogen-bond donors (Lipinski definition) is 1. The maximum absolute atomic E-state index is 13.2. The molecule has 1 heterocycles. The minimum atomic E-state index is -3.75. The summed E-state index contributed by atoms with van der Waals surface area (Å²) in [5.74, 6) is 0.681. The Balaban J connectivity index is 1.72. The van der Waals surface area contributed by atoms with Crippen molar-refractivity contribution in [2.75, 3.05) is 6.61 Å². The number of nitriles is 1. The van der Waals surface area contributed by atoms with Crippen LogP contribution in [0.1, 0.15) is 63.4 Å². The highest BCUT2D eigenvalue weighted by molar-refractivity contribution is 7.89. The highest BCUT2D eigenvalue weighted by atomic mass is 32.2. The van der Waals surface area contributed by atoms with Crippen molar-refractivity contribution in [2.45, 2.75) is 63.8 Å². The summed E-state index contributed by atoms with van der Waals surface area (Å²) < 4.78 is 36.2. The van der Waals surface area contributed by atoms with Gasteiger partial charge in [-0.2, -0.15) is 5.26 Å². The molecule has 0 aliphatic rings. The van der Waals surface area contributed by atoms with Gasteiger partial charge in [-0.25, -0.2) is 18.1 Å². The molecule has 1 unspecified atom stereocenters. The van der Waals surface area contributed by atoms with Gasteiger partial charge in [0.1, 0.15) is 5.82 Å². The second-order valence-corrected chi connectivity index (χ2v) is 11.0. The lowest BCUT2D eigenvalue weighted by Gasteiger charge is -2.22. The van der Waals surface area contributed by atoms with E-state index in [0.29, 0.717) is 43.4 Å². The summed E-state index contributed by atoms with van der Waals surface area (Å²) in [4.78, 5) is 16.4. The van der Waals surface area contributed by atoms with Crippen LogP contribution in [0.3, 0.4) is 0 Å². The number of benzene rings is 2. The Kier molecular flexibility index (Phi) is 9.24. The van der Waals surface area contributed by atoms with E-state index in [1.54, 1.807) is 37.3 Å². The zero-order chi connectivity index (χ0) is 26.3. The molecule has 0 aliphatic heterocycles. The second-order valence-electron chi connectivity index (χ2n) is 9.25. The van der Waals surface area contributed by atoms with Crippen LogP contribution in [-0.4, -0.2) is 36.6 Å². The third-order valence-corrected chi connectivity index (χ3v) is 7.75. The van der Waals surface area contributed by atoms with Gasteiger partial charge in [-0.15, -0.1) is 0 Å². The van der Waals surface area contributed by atoms with E-state index in [1.807, 2.05) is 37.6 Å². The molecule has 0 spiro atoms. The summed E-state index contributed by atoms with van der Waals surface area (Å²) >= 11 is 0. The molecule has 1 aromatic heterocycles. The van der Waals surface area contributed by atoms with Gasteiger partial charge in [0, 0.05) is 25.9 Å². The maximum Gasteiger partial charge on any atom is 0.305 e. The Morgan fingerprint density at radius 1 is 1.17 bits per heavy atom. The molecule has 0 saturated carbocycles. The average molecular weight is 511 g/mol. The molecule has 3 rings (SSSR count). The summed E-state index contributed by atoms with van der Waals surface area (Å²) in [7, 11) is -1.84. The van der Waals surface area contributed by atoms with Crippen molar-refractivity contribution in [3.8, 4) is 6.07 Å². The minimum Gasteiger partial charge on any atom is -0.466 e. The zero-order valence-corrected chi connectivity index (χ0v) is 22.1. The Hall–Kier alpha value is -3.22. The number of hydrogen-bond acceptors (Lipinski definition) is 6. The molecular weight excluding hydrogens is 476 g/mol. The number of sulfonamides is 1. The number of imidazole rings is 1. The second kappa shape index (κ2) is 12.2. The first kappa shape index (κ1) is 27.4. The number of nitrogens with one attached hydrogen (secondary N) is 1. The number of carbonyl (C=O) groups excluding carboxylic acids is 1. The number of ether oxygens (including phenoxy) is 1. The summed E-state index contributed by atoms with van der Waals surface area (Å²) in [5, 5.41) is 8.99. The average Bonchev–Trinajstić information content (AvgIpc) is 3.16. The number of carbonyl (C=O) groups is 1. The molecule has 8 nitrogen and oxygen atoms in total. The van der Waals surface area contributed by atoms with E-state index in [4.69, 9.17) is 15.0 Å². The van der Waals surface area contributed by atoms with Gasteiger partial charge < -0.3 is 9.30 Å². The SMILES string of the molecule is CCOC(=O)CCCCC(NS(=O)(=O)c1ccc2c(c1)nc(Cc1ccc(C#N)cc1)n2C)C(C)C. The quantitative estimate of drug-likeness (QED) is 0.284. The molecule has 36 heavy (non-hydrogen) atoms. The molecule has 1 atom stereocenters. The lowest BCUT2D eigenvalue weighted by molar-refractivity contribution is -0.143. The number of rotatable bonds is 12. The molecule has 0 radical (unpaired) electrons. The largest absolute Gasteiger partial charge is 0.466 e. The van der Waals surface area contributed by atoms with Crippen LogP contribution in [0.15, 0.2) is 47.4 Å². The molecular formula is C27H34N4O4S. The van der Waals surface area contributed by atoms with Crippen LogP contribution >= 0.6 is 0 Å². The fourth-order valence-corrected chi connectivity index (χ4v) is 5.54. The van der Waals surface area contributed by atoms with Gasteiger partial charge in [-0.1, -0.05) is 32.4 Å². The molecule has 9 heteroatoms. The molecule has 0 bridgehead atoms. The van der Waals surface area contributed by atoms with Crippen molar-refractivity contribution in [3.63, 3.8) is 0 Å². The van der Waals surface area contributed by atoms with E-state index in [0.717, 1.165) is 23.3 Å². The van der Waals surface area contributed by atoms with Crippen LogP contribution in [0, 0.1) is 17.2 Å². The highest BCUT2D eigenvalue weighted by Crippen LogP contribution is 2.23. The first-order valence-corrected chi connectivity index (χ1v) is 13.7. The predicted octanol–water partition coefficient (Wildman–Crippen LogP) is 4.46. The predicted molar refractivity (Wildman–Crippen MR) is 139 cm³/mol. The van der Waals surface area contributed by atoms with Gasteiger partial charge in [0.25, 0.3) is 0 Å². The van der Waals surface area contributed by atoms with E-state index >= 15 is 0 Å². The van der Waals surface area contributed by atoms with Crippen molar-refractivity contribution in [1.82, 2.24) is 14.3 Å². The highest BCUT2D eigenvalue weighted by Gasteiger charge is 2.23. The van der Waals surface area contributed by atoms with Crippen molar-refractivity contribution in [3.05, 3.63) is 59.4 Å². The molecule has 3 aromatic rings. The fraction of sp³-hybridized carbons (Fsp3) is 0.444. The third kappa shape index (κ3) is 6.93. The van der Waals surface area contributed by atoms with Gasteiger partial charge >= 0.3 is 5.97 Å². The number of unbranched alkanes of at least 4 members (excludes halogenated alkanes) is 1. The van der Waals surface area contributed by atoms with Gasteiger partial charge in [0.2, 0.25) is 10.0 Å². The molecule has 1 N–H and O–H groups in total. The summed E-state index contributed by atoms with van der Waals surface area (Å²) in [6.07, 6.45) is 2.93. The van der Waals surface area contributed by atoms with Crippen molar-refractivity contribution in [2.24, 2.45) is 13.0 Å². The van der Waals surface area contributed by atoms with Crippen LogP contribution < -0.4 is 4.72 Å². The van der Waals surface area contributed by atoms with Crippen molar-refractivity contribution in [1.29, 1.82) is 5.26 Å². The van der Waals surface area contributed by atoms with Gasteiger partial charge in [0.15, 0.2) is 0 Å². The van der Waals surface area contributed by atoms with Crippen LogP contribution in [0.4, 0.5) is 0 Å². The normalized spacial score (nSPS) is 12.6. The van der Waals surface area contributed by atoms with Crippen LogP contribution in [0.5, 0.6) is 0 Å². The van der Waals surface area contributed by atoms with E-state index in [9.17, 15) is 13.2 Å². The lowest BCUT2D eigenvalue weighted by atomic mass is 9.99. The Morgan fingerprint density at radius 3 is 2.53 bits per heavy atom. The van der Waals surface area contributed by atoms with Gasteiger partial charge in [0.05, 0.1) is 34.2 Å².